The van der Waals surface area contributed by atoms with Crippen molar-refractivity contribution in [3.8, 4) is 0 Å². The van der Waals surface area contributed by atoms with Crippen LogP contribution in [-0.4, -0.2) is 26.6 Å². The van der Waals surface area contributed by atoms with Gasteiger partial charge in [0.05, 0.1) is 5.54 Å². The van der Waals surface area contributed by atoms with Crippen LogP contribution in [0, 0.1) is 0 Å². The summed E-state index contributed by atoms with van der Waals surface area (Å²) in [5.41, 5.74) is 4.12. The Kier molecular flexibility index (Phi) is 11.7. The van der Waals surface area contributed by atoms with Gasteiger partial charge in [-0.25, -0.2) is 4.79 Å². The summed E-state index contributed by atoms with van der Waals surface area (Å²) < 4.78 is -1.88. The van der Waals surface area contributed by atoms with E-state index in [2.05, 4.69) is 12.2 Å². The van der Waals surface area contributed by atoms with Crippen molar-refractivity contribution in [2.45, 2.75) is 93.5 Å². The molecule has 7 heteroatoms. The minimum absolute atomic E-state index is 0.501. The highest BCUT2D eigenvalue weighted by Gasteiger charge is 2.45. The van der Waals surface area contributed by atoms with Crippen LogP contribution in [0.4, 0.5) is 4.79 Å². The highest BCUT2D eigenvalue weighted by atomic mass is 35.6. The molecule has 2 amide bonds. The molecule has 0 saturated carbocycles. The Hall–Kier alpha value is 0.1000. The molecule has 4 N–H and O–H groups in total. The molecule has 2 atom stereocenters. The average molecular weight is 390 g/mol. The number of nitrogens with two attached hydrogens (primary N) is 1. The Labute approximate surface area is 155 Å². The number of aliphatic hydroxyl groups is 1. The first-order chi connectivity index (χ1) is 10.6. The van der Waals surface area contributed by atoms with E-state index in [0.29, 0.717) is 6.42 Å². The largest absolute Gasteiger partial charge is 0.386 e. The standard InChI is InChI=1S/C16H31Cl3N2O2/c1-3-4-5-6-7-8-9-10-11-12-15(2,21-14(20)23)13(22)16(17,18)19/h13,22H,3-12H2,1-2H3,(H3,20,21,23). The van der Waals surface area contributed by atoms with Gasteiger partial charge in [0.25, 0.3) is 0 Å². The van der Waals surface area contributed by atoms with Crippen LogP contribution < -0.4 is 11.1 Å². The average Bonchev–Trinajstić information content (AvgIpc) is 2.43. The van der Waals surface area contributed by atoms with Crippen molar-refractivity contribution in [1.29, 1.82) is 0 Å². The van der Waals surface area contributed by atoms with Crippen LogP contribution in [0.2, 0.25) is 0 Å². The summed E-state index contributed by atoms with van der Waals surface area (Å²) in [6.07, 6.45) is 9.77. The topological polar surface area (TPSA) is 75.3 Å². The van der Waals surface area contributed by atoms with E-state index in [1.807, 2.05) is 0 Å². The van der Waals surface area contributed by atoms with E-state index in [-0.39, 0.29) is 0 Å². The maximum absolute atomic E-state index is 11.2. The van der Waals surface area contributed by atoms with E-state index >= 15 is 0 Å². The Morgan fingerprint density at radius 1 is 1.04 bits per heavy atom. The molecule has 0 spiro atoms. The summed E-state index contributed by atoms with van der Waals surface area (Å²) in [4.78, 5) is 11.2. The van der Waals surface area contributed by atoms with Crippen molar-refractivity contribution >= 4 is 40.8 Å². The molecule has 0 rings (SSSR count). The zero-order valence-corrected chi connectivity index (χ0v) is 16.5. The molecule has 2 unspecified atom stereocenters. The molecule has 0 aromatic heterocycles. The van der Waals surface area contributed by atoms with Crippen LogP contribution in [0.25, 0.3) is 0 Å². The lowest BCUT2D eigenvalue weighted by Crippen LogP contribution is -2.60. The molecule has 0 bridgehead atoms. The number of urea groups is 1. The van der Waals surface area contributed by atoms with Gasteiger partial charge in [-0.3, -0.25) is 0 Å². The molecule has 0 radical (unpaired) electrons. The minimum Gasteiger partial charge on any atom is -0.386 e. The van der Waals surface area contributed by atoms with Crippen LogP contribution in [0.3, 0.4) is 0 Å². The minimum atomic E-state index is -1.88. The highest BCUT2D eigenvalue weighted by Crippen LogP contribution is 2.37. The number of hydrogen-bond acceptors (Lipinski definition) is 2. The summed E-state index contributed by atoms with van der Waals surface area (Å²) in [6, 6.07) is -0.739. The summed E-state index contributed by atoms with van der Waals surface area (Å²) in [5, 5.41) is 12.7. The molecule has 0 aliphatic rings. The maximum Gasteiger partial charge on any atom is 0.312 e. The second-order valence-corrected chi connectivity index (χ2v) is 8.80. The maximum atomic E-state index is 11.2. The molecular weight excluding hydrogens is 359 g/mol. The summed E-state index contributed by atoms with van der Waals surface area (Å²) in [5.74, 6) is 0. The molecular formula is C16H31Cl3N2O2. The van der Waals surface area contributed by atoms with Gasteiger partial charge in [0.15, 0.2) is 0 Å². The van der Waals surface area contributed by atoms with Gasteiger partial charge in [0, 0.05) is 0 Å². The summed E-state index contributed by atoms with van der Waals surface area (Å²) >= 11 is 17.3. The molecule has 0 aromatic carbocycles. The SMILES string of the molecule is CCCCCCCCCCCC(C)(NC(N)=O)C(O)C(Cl)(Cl)Cl. The third kappa shape index (κ3) is 10.5. The smallest absolute Gasteiger partial charge is 0.312 e. The first-order valence-corrected chi connectivity index (χ1v) is 9.59. The number of amides is 2. The predicted octanol–water partition coefficient (Wildman–Crippen LogP) is 5.07. The van der Waals surface area contributed by atoms with E-state index in [0.717, 1.165) is 19.3 Å². The zero-order valence-electron chi connectivity index (χ0n) is 14.2. The molecule has 0 aliphatic heterocycles. The number of primary amides is 1. The summed E-state index contributed by atoms with van der Waals surface area (Å²) in [6.45, 7) is 3.86. The molecule has 138 valence electrons. The number of carbonyl (C=O) groups excluding carboxylic acids is 1. The van der Waals surface area contributed by atoms with Gasteiger partial charge in [-0.15, -0.1) is 0 Å². The Morgan fingerprint density at radius 3 is 1.87 bits per heavy atom. The van der Waals surface area contributed by atoms with E-state index in [4.69, 9.17) is 40.5 Å². The lowest BCUT2D eigenvalue weighted by molar-refractivity contribution is 0.0717. The first kappa shape index (κ1) is 23.1. The Bertz CT molecular complexity index is 338. The van der Waals surface area contributed by atoms with Gasteiger partial charge < -0.3 is 16.2 Å². The van der Waals surface area contributed by atoms with E-state index in [9.17, 15) is 9.90 Å². The van der Waals surface area contributed by atoms with Gasteiger partial charge in [0.2, 0.25) is 3.79 Å². The number of nitrogens with one attached hydrogen (secondary N) is 1. The van der Waals surface area contributed by atoms with Crippen LogP contribution in [-0.2, 0) is 0 Å². The van der Waals surface area contributed by atoms with Crippen molar-refractivity contribution in [3.05, 3.63) is 0 Å². The molecule has 0 heterocycles. The van der Waals surface area contributed by atoms with Crippen molar-refractivity contribution in [2.75, 3.05) is 0 Å². The van der Waals surface area contributed by atoms with E-state index in [1.165, 1.54) is 38.5 Å². The van der Waals surface area contributed by atoms with Crippen LogP contribution >= 0.6 is 34.8 Å². The number of rotatable bonds is 12. The number of unbranched alkanes of at least 4 members (excludes halogenated alkanes) is 8. The third-order valence-corrected chi connectivity index (χ3v) is 4.74. The summed E-state index contributed by atoms with van der Waals surface area (Å²) in [7, 11) is 0. The quantitative estimate of drug-likeness (QED) is 0.322. The number of alkyl halides is 3. The lowest BCUT2D eigenvalue weighted by Gasteiger charge is -2.38. The molecule has 0 aliphatic carbocycles. The van der Waals surface area contributed by atoms with Gasteiger partial charge in [-0.2, -0.15) is 0 Å². The molecule has 4 nitrogen and oxygen atoms in total. The third-order valence-electron chi connectivity index (χ3n) is 4.12. The number of carbonyl (C=O) groups is 1. The first-order valence-electron chi connectivity index (χ1n) is 8.46. The molecule has 0 saturated heterocycles. The predicted molar refractivity (Wildman–Crippen MR) is 99.3 cm³/mol. The van der Waals surface area contributed by atoms with E-state index < -0.39 is 21.5 Å². The van der Waals surface area contributed by atoms with Crippen molar-refractivity contribution in [2.24, 2.45) is 5.73 Å². The Morgan fingerprint density at radius 2 is 1.48 bits per heavy atom. The van der Waals surface area contributed by atoms with Crippen LogP contribution in [0.15, 0.2) is 0 Å². The van der Waals surface area contributed by atoms with Crippen LogP contribution in [0.5, 0.6) is 0 Å². The van der Waals surface area contributed by atoms with Gasteiger partial charge in [-0.1, -0.05) is 99.5 Å². The molecule has 0 aromatic rings. The van der Waals surface area contributed by atoms with E-state index in [1.54, 1.807) is 6.92 Å². The van der Waals surface area contributed by atoms with Gasteiger partial charge >= 0.3 is 6.03 Å². The van der Waals surface area contributed by atoms with Gasteiger partial charge in [-0.05, 0) is 13.3 Å². The lowest BCUT2D eigenvalue weighted by atomic mass is 9.88. The van der Waals surface area contributed by atoms with Crippen molar-refractivity contribution in [1.82, 2.24) is 5.32 Å². The van der Waals surface area contributed by atoms with Crippen molar-refractivity contribution in [3.63, 3.8) is 0 Å². The zero-order chi connectivity index (χ0) is 17.9. The fourth-order valence-corrected chi connectivity index (χ4v) is 3.44. The second kappa shape index (κ2) is 11.6. The van der Waals surface area contributed by atoms with Crippen LogP contribution in [0.1, 0.15) is 78.1 Å². The molecule has 0 fully saturated rings. The van der Waals surface area contributed by atoms with Gasteiger partial charge in [0.1, 0.15) is 6.10 Å². The second-order valence-electron chi connectivity index (χ2n) is 6.43. The Balaban J connectivity index is 4.14. The number of halogens is 3. The van der Waals surface area contributed by atoms with Crippen molar-refractivity contribution < 1.29 is 9.90 Å². The monoisotopic (exact) mass is 388 g/mol. The normalized spacial score (nSPS) is 15.9. The highest BCUT2D eigenvalue weighted by molar-refractivity contribution is 6.68. The number of hydrogen-bond donors (Lipinski definition) is 3. The number of aliphatic hydroxyl groups excluding tert-OH is 1. The molecule has 23 heavy (non-hydrogen) atoms. The fourth-order valence-electron chi connectivity index (χ4n) is 2.71. The fraction of sp³-hybridized carbons (Fsp3) is 0.938.